The Morgan fingerprint density at radius 2 is 1.97 bits per heavy atom. The van der Waals surface area contributed by atoms with Gasteiger partial charge in [-0.1, -0.05) is 12.1 Å². The summed E-state index contributed by atoms with van der Waals surface area (Å²) in [7, 11) is 0. The molecule has 3 saturated heterocycles. The van der Waals surface area contributed by atoms with Crippen molar-refractivity contribution in [3.63, 3.8) is 0 Å². The number of thiophene rings is 1. The molecule has 0 unspecified atom stereocenters. The van der Waals surface area contributed by atoms with Crippen LogP contribution in [0.15, 0.2) is 40.8 Å². The van der Waals surface area contributed by atoms with E-state index < -0.39 is 0 Å². The normalized spacial score (nSPS) is 23.0. The van der Waals surface area contributed by atoms with Crippen LogP contribution in [0, 0.1) is 5.92 Å². The van der Waals surface area contributed by atoms with Gasteiger partial charge in [0.2, 0.25) is 0 Å². The van der Waals surface area contributed by atoms with Crippen molar-refractivity contribution >= 4 is 46.4 Å². The Kier molecular flexibility index (Phi) is 5.51. The highest BCUT2D eigenvalue weighted by molar-refractivity contribution is 7.17. The number of amides is 1. The van der Waals surface area contributed by atoms with Crippen molar-refractivity contribution in [3.05, 3.63) is 47.0 Å². The number of fused-ring (bicyclic) bond motifs is 4. The quantitative estimate of drug-likeness (QED) is 0.614. The predicted molar refractivity (Wildman–Crippen MR) is 117 cm³/mol. The number of Topliss-reactive ketones (excluding diaryl/α,β-unsaturated/α-hetero) is 1. The molecule has 7 heteroatoms. The van der Waals surface area contributed by atoms with E-state index in [1.165, 1.54) is 11.3 Å². The van der Waals surface area contributed by atoms with Gasteiger partial charge in [-0.15, -0.1) is 23.7 Å². The molecule has 1 amide bonds. The fourth-order valence-corrected chi connectivity index (χ4v) is 5.33. The average Bonchev–Trinajstić information content (AvgIpc) is 3.36. The van der Waals surface area contributed by atoms with Crippen LogP contribution in [0.2, 0.25) is 0 Å². The van der Waals surface area contributed by atoms with E-state index >= 15 is 0 Å². The summed E-state index contributed by atoms with van der Waals surface area (Å²) < 4.78 is 6.00. The molecule has 0 spiro atoms. The lowest BCUT2D eigenvalue weighted by Crippen LogP contribution is -2.57. The van der Waals surface area contributed by atoms with Gasteiger partial charge in [0.25, 0.3) is 5.91 Å². The molecule has 3 aliphatic rings. The number of carbonyl (C=O) groups is 2. The molecule has 2 bridgehead atoms. The molecule has 0 saturated carbocycles. The Morgan fingerprint density at radius 1 is 1.17 bits per heavy atom. The highest BCUT2D eigenvalue weighted by Crippen LogP contribution is 2.35. The summed E-state index contributed by atoms with van der Waals surface area (Å²) in [5.74, 6) is 0.837. The lowest BCUT2D eigenvalue weighted by molar-refractivity contribution is 0.0607. The fourth-order valence-electron chi connectivity index (χ4n) is 4.41. The number of nitrogens with one attached hydrogen (secondary N) is 1. The van der Waals surface area contributed by atoms with Crippen LogP contribution in [0.5, 0.6) is 0 Å². The Morgan fingerprint density at radius 3 is 2.62 bits per heavy atom. The Hall–Kier alpha value is -2.15. The highest BCUT2D eigenvalue weighted by atomic mass is 35.5. The van der Waals surface area contributed by atoms with Crippen molar-refractivity contribution in [1.29, 1.82) is 0 Å². The molecule has 152 valence electrons. The average molecular weight is 431 g/mol. The molecule has 3 aromatic rings. The monoisotopic (exact) mass is 430 g/mol. The van der Waals surface area contributed by atoms with Crippen molar-refractivity contribution in [2.75, 3.05) is 19.6 Å². The highest BCUT2D eigenvalue weighted by Gasteiger charge is 2.35. The van der Waals surface area contributed by atoms with Crippen LogP contribution in [0.25, 0.3) is 21.4 Å². The van der Waals surface area contributed by atoms with Gasteiger partial charge in [-0.05, 0) is 63.0 Å². The maximum absolute atomic E-state index is 12.8. The van der Waals surface area contributed by atoms with Crippen molar-refractivity contribution in [1.82, 2.24) is 10.2 Å². The number of furan rings is 1. The van der Waals surface area contributed by atoms with E-state index in [4.69, 9.17) is 4.42 Å². The van der Waals surface area contributed by atoms with E-state index in [-0.39, 0.29) is 30.1 Å². The number of halogens is 1. The minimum absolute atomic E-state index is 0. The molecule has 5 heterocycles. The second kappa shape index (κ2) is 7.94. The second-order valence-electron chi connectivity index (χ2n) is 7.77. The van der Waals surface area contributed by atoms with E-state index in [0.717, 1.165) is 53.2 Å². The van der Waals surface area contributed by atoms with E-state index in [2.05, 4.69) is 10.2 Å². The van der Waals surface area contributed by atoms with Crippen molar-refractivity contribution in [3.8, 4) is 10.4 Å². The number of hydrogen-bond donors (Lipinski definition) is 1. The third-order valence-electron chi connectivity index (χ3n) is 5.96. The predicted octanol–water partition coefficient (Wildman–Crippen LogP) is 4.61. The van der Waals surface area contributed by atoms with E-state index in [0.29, 0.717) is 17.3 Å². The van der Waals surface area contributed by atoms with Crippen LogP contribution in [0.4, 0.5) is 0 Å². The third-order valence-corrected chi connectivity index (χ3v) is 7.18. The molecule has 5 nitrogen and oxygen atoms in total. The zero-order valence-corrected chi connectivity index (χ0v) is 17.8. The number of piperidine rings is 3. The van der Waals surface area contributed by atoms with E-state index in [1.807, 2.05) is 36.4 Å². The first-order valence-electron chi connectivity index (χ1n) is 9.75. The van der Waals surface area contributed by atoms with Crippen molar-refractivity contribution in [2.45, 2.75) is 25.8 Å². The number of benzene rings is 1. The van der Waals surface area contributed by atoms with Gasteiger partial charge in [0, 0.05) is 28.4 Å². The van der Waals surface area contributed by atoms with Gasteiger partial charge in [-0.2, -0.15) is 0 Å². The lowest BCUT2D eigenvalue weighted by atomic mass is 9.84. The second-order valence-corrected chi connectivity index (χ2v) is 8.86. The van der Waals surface area contributed by atoms with Crippen molar-refractivity contribution in [2.24, 2.45) is 5.92 Å². The molecule has 2 aromatic heterocycles. The molecule has 1 atom stereocenters. The van der Waals surface area contributed by atoms with Gasteiger partial charge < -0.3 is 14.6 Å². The summed E-state index contributed by atoms with van der Waals surface area (Å²) in [6, 6.07) is 11.7. The molecule has 0 aliphatic carbocycles. The van der Waals surface area contributed by atoms with Crippen LogP contribution < -0.4 is 5.32 Å². The smallest absolute Gasteiger partial charge is 0.287 e. The largest absolute Gasteiger partial charge is 0.450 e. The lowest BCUT2D eigenvalue weighted by Gasteiger charge is -2.44. The van der Waals surface area contributed by atoms with Crippen LogP contribution >= 0.6 is 23.7 Å². The number of carbonyl (C=O) groups excluding carboxylic acids is 2. The standard InChI is InChI=1S/C22H22N2O3S.ClH/c1-13(25)19-5-6-20(28-19)16-4-2-3-15-11-18(27-21(15)16)22(26)23-17-12-24-9-7-14(17)8-10-24;/h2-6,11,14,17H,7-10,12H2,1H3,(H,23,26);1H/t17-;/m0./s1. The summed E-state index contributed by atoms with van der Waals surface area (Å²) in [5, 5.41) is 4.09. The number of nitrogens with zero attached hydrogens (tertiary/aromatic N) is 1. The van der Waals surface area contributed by atoms with Crippen LogP contribution in [0.3, 0.4) is 0 Å². The first-order chi connectivity index (χ1) is 13.6. The molecular formula is C22H23ClN2O3S. The van der Waals surface area contributed by atoms with E-state index in [1.54, 1.807) is 6.92 Å². The minimum Gasteiger partial charge on any atom is -0.450 e. The Bertz CT molecular complexity index is 1070. The van der Waals surface area contributed by atoms with Gasteiger partial charge in [-0.3, -0.25) is 9.59 Å². The van der Waals surface area contributed by atoms with Crippen LogP contribution in [0.1, 0.15) is 40.0 Å². The maximum Gasteiger partial charge on any atom is 0.287 e. The fraction of sp³-hybridized carbons (Fsp3) is 0.364. The van der Waals surface area contributed by atoms with Gasteiger partial charge in [0.1, 0.15) is 5.58 Å². The topological polar surface area (TPSA) is 62.6 Å². The van der Waals surface area contributed by atoms with Crippen LogP contribution in [-0.4, -0.2) is 42.3 Å². The molecule has 1 N–H and O–H groups in total. The number of para-hydroxylation sites is 1. The zero-order valence-electron chi connectivity index (χ0n) is 16.1. The first kappa shape index (κ1) is 20.1. The first-order valence-corrected chi connectivity index (χ1v) is 10.6. The van der Waals surface area contributed by atoms with Crippen molar-refractivity contribution < 1.29 is 14.0 Å². The summed E-state index contributed by atoms with van der Waals surface area (Å²) >= 11 is 1.45. The molecule has 1 aromatic carbocycles. The molecule has 6 rings (SSSR count). The molecule has 0 radical (unpaired) electrons. The molecule has 29 heavy (non-hydrogen) atoms. The maximum atomic E-state index is 12.8. The van der Waals surface area contributed by atoms with Crippen LogP contribution in [-0.2, 0) is 0 Å². The summed E-state index contributed by atoms with van der Waals surface area (Å²) in [6.07, 6.45) is 2.32. The summed E-state index contributed by atoms with van der Waals surface area (Å²) in [5.41, 5.74) is 1.61. The summed E-state index contributed by atoms with van der Waals surface area (Å²) in [6.45, 7) is 4.80. The SMILES string of the molecule is CC(=O)c1ccc(-c2cccc3cc(C(=O)N[C@H]4CN5CCC4CC5)oc23)s1.Cl. The molecule has 3 fully saturated rings. The van der Waals surface area contributed by atoms with Gasteiger partial charge in [-0.25, -0.2) is 0 Å². The third kappa shape index (κ3) is 3.72. The molecular weight excluding hydrogens is 408 g/mol. The number of ketones is 1. The minimum atomic E-state index is -0.142. The molecule has 3 aliphatic heterocycles. The van der Waals surface area contributed by atoms with Gasteiger partial charge in [0.05, 0.1) is 4.88 Å². The number of hydrogen-bond acceptors (Lipinski definition) is 5. The zero-order chi connectivity index (χ0) is 19.3. The van der Waals surface area contributed by atoms with Gasteiger partial charge in [0.15, 0.2) is 11.5 Å². The van der Waals surface area contributed by atoms with E-state index in [9.17, 15) is 9.59 Å². The Balaban J connectivity index is 0.00000205. The summed E-state index contributed by atoms with van der Waals surface area (Å²) in [4.78, 5) is 28.6. The Labute approximate surface area is 179 Å². The van der Waals surface area contributed by atoms with Gasteiger partial charge >= 0.3 is 0 Å². The number of rotatable bonds is 4.